The minimum atomic E-state index is -0.101. The number of ketones is 2. The van der Waals surface area contributed by atoms with Crippen molar-refractivity contribution in [2.45, 2.75) is 54.4 Å². The van der Waals surface area contributed by atoms with Gasteiger partial charge >= 0.3 is 0 Å². The molecule has 0 saturated heterocycles. The topological polar surface area (TPSA) is 34.1 Å². The molecule has 0 N–H and O–H groups in total. The van der Waals surface area contributed by atoms with E-state index in [1.54, 1.807) is 0 Å². The molecule has 0 aromatic heterocycles. The van der Waals surface area contributed by atoms with Crippen LogP contribution in [0.5, 0.6) is 0 Å². The van der Waals surface area contributed by atoms with Gasteiger partial charge in [0, 0.05) is 24.0 Å². The second kappa shape index (κ2) is 3.66. The van der Waals surface area contributed by atoms with Crippen molar-refractivity contribution in [2.24, 2.45) is 10.8 Å². The Hall–Kier alpha value is -1.18. The molecular formula is C16H22O2. The minimum absolute atomic E-state index is 0.101. The highest BCUT2D eigenvalue weighted by Gasteiger charge is 2.44. The molecule has 0 atom stereocenters. The summed E-state index contributed by atoms with van der Waals surface area (Å²) < 4.78 is 0. The van der Waals surface area contributed by atoms with Crippen LogP contribution in [0.2, 0.25) is 0 Å². The Bertz CT molecular complexity index is 454. The maximum Gasteiger partial charge on any atom is 0.167 e. The quantitative estimate of drug-likeness (QED) is 0.654. The van der Waals surface area contributed by atoms with Crippen molar-refractivity contribution in [3.05, 3.63) is 22.3 Å². The molecule has 0 saturated carbocycles. The number of allylic oxidation sites excluding steroid dienone is 4. The fraction of sp³-hybridized carbons (Fsp3) is 0.625. The molecule has 2 heteroatoms. The van der Waals surface area contributed by atoms with Crippen LogP contribution in [0, 0.1) is 10.8 Å². The Morgan fingerprint density at radius 3 is 1.17 bits per heavy atom. The van der Waals surface area contributed by atoms with Crippen molar-refractivity contribution < 1.29 is 9.59 Å². The molecule has 0 bridgehead atoms. The molecule has 98 valence electrons. The average molecular weight is 246 g/mol. The summed E-state index contributed by atoms with van der Waals surface area (Å²) in [4.78, 5) is 24.5. The lowest BCUT2D eigenvalue weighted by Crippen LogP contribution is -2.14. The lowest BCUT2D eigenvalue weighted by molar-refractivity contribution is -0.115. The van der Waals surface area contributed by atoms with Gasteiger partial charge in [0.1, 0.15) is 0 Å². The SMILES string of the molecule is CC(C)(C)C1=C2C(=O)CC(C(C)(C)C)=C2C(=O)C1. The van der Waals surface area contributed by atoms with Gasteiger partial charge < -0.3 is 0 Å². The third-order valence-corrected chi connectivity index (χ3v) is 3.90. The number of carbonyl (C=O) groups excluding carboxylic acids is 2. The van der Waals surface area contributed by atoms with Crippen LogP contribution in [-0.2, 0) is 9.59 Å². The van der Waals surface area contributed by atoms with Crippen LogP contribution < -0.4 is 0 Å². The number of hydrogen-bond acceptors (Lipinski definition) is 2. The minimum Gasteiger partial charge on any atom is -0.294 e. The molecule has 18 heavy (non-hydrogen) atoms. The normalized spacial score (nSPS) is 21.2. The van der Waals surface area contributed by atoms with Gasteiger partial charge in [0.2, 0.25) is 0 Å². The molecule has 0 heterocycles. The molecule has 0 unspecified atom stereocenters. The van der Waals surface area contributed by atoms with Gasteiger partial charge in [-0.2, -0.15) is 0 Å². The summed E-state index contributed by atoms with van der Waals surface area (Å²) in [5.41, 5.74) is 3.36. The summed E-state index contributed by atoms with van der Waals surface area (Å²) in [5, 5.41) is 0. The van der Waals surface area contributed by atoms with E-state index in [9.17, 15) is 9.59 Å². The van der Waals surface area contributed by atoms with E-state index in [2.05, 4.69) is 41.5 Å². The summed E-state index contributed by atoms with van der Waals surface area (Å²) in [7, 11) is 0. The van der Waals surface area contributed by atoms with Crippen LogP contribution in [0.3, 0.4) is 0 Å². The van der Waals surface area contributed by atoms with Crippen molar-refractivity contribution in [1.29, 1.82) is 0 Å². The number of rotatable bonds is 0. The first-order valence-electron chi connectivity index (χ1n) is 6.57. The fourth-order valence-corrected chi connectivity index (χ4v) is 2.87. The first kappa shape index (κ1) is 13.3. The van der Waals surface area contributed by atoms with Gasteiger partial charge in [0.15, 0.2) is 11.6 Å². The Morgan fingerprint density at radius 2 is 0.944 bits per heavy atom. The maximum absolute atomic E-state index is 12.3. The lowest BCUT2D eigenvalue weighted by atomic mass is 9.83. The Kier molecular flexibility index (Phi) is 2.69. The first-order chi connectivity index (χ1) is 8.03. The first-order valence-corrected chi connectivity index (χ1v) is 6.57. The monoisotopic (exact) mass is 246 g/mol. The molecular weight excluding hydrogens is 224 g/mol. The third kappa shape index (κ3) is 1.88. The number of fused-ring (bicyclic) bond motifs is 1. The zero-order valence-electron chi connectivity index (χ0n) is 12.2. The largest absolute Gasteiger partial charge is 0.294 e. The van der Waals surface area contributed by atoms with Gasteiger partial charge in [-0.05, 0) is 22.0 Å². The fourth-order valence-electron chi connectivity index (χ4n) is 2.87. The van der Waals surface area contributed by atoms with E-state index in [4.69, 9.17) is 0 Å². The predicted molar refractivity (Wildman–Crippen MR) is 72.2 cm³/mol. The van der Waals surface area contributed by atoms with Gasteiger partial charge in [-0.1, -0.05) is 41.5 Å². The van der Waals surface area contributed by atoms with Crippen LogP contribution >= 0.6 is 0 Å². The van der Waals surface area contributed by atoms with Crippen LogP contribution in [0.15, 0.2) is 22.3 Å². The van der Waals surface area contributed by atoms with Crippen molar-refractivity contribution in [3.8, 4) is 0 Å². The van der Waals surface area contributed by atoms with Gasteiger partial charge in [-0.25, -0.2) is 0 Å². The van der Waals surface area contributed by atoms with Crippen LogP contribution in [0.25, 0.3) is 0 Å². The third-order valence-electron chi connectivity index (χ3n) is 3.90. The summed E-state index contributed by atoms with van der Waals surface area (Å²) >= 11 is 0. The second-order valence-electron chi connectivity index (χ2n) is 7.41. The van der Waals surface area contributed by atoms with E-state index in [1.807, 2.05) is 0 Å². The maximum atomic E-state index is 12.3. The second-order valence-corrected chi connectivity index (χ2v) is 7.41. The summed E-state index contributed by atoms with van der Waals surface area (Å²) in [5.74, 6) is 0.288. The Balaban J connectivity index is 2.67. The van der Waals surface area contributed by atoms with E-state index in [1.165, 1.54) is 0 Å². The van der Waals surface area contributed by atoms with Crippen LogP contribution in [-0.4, -0.2) is 11.6 Å². The average Bonchev–Trinajstić information content (AvgIpc) is 2.65. The van der Waals surface area contributed by atoms with Gasteiger partial charge in [-0.15, -0.1) is 0 Å². The van der Waals surface area contributed by atoms with Gasteiger partial charge in [0.25, 0.3) is 0 Å². The highest BCUT2D eigenvalue weighted by atomic mass is 16.1. The van der Waals surface area contributed by atoms with E-state index < -0.39 is 0 Å². The zero-order valence-corrected chi connectivity index (χ0v) is 12.2. The number of carbonyl (C=O) groups is 2. The smallest absolute Gasteiger partial charge is 0.167 e. The van der Waals surface area contributed by atoms with Crippen molar-refractivity contribution in [2.75, 3.05) is 0 Å². The molecule has 0 aromatic carbocycles. The molecule has 0 aromatic rings. The molecule has 2 rings (SSSR count). The van der Waals surface area contributed by atoms with Gasteiger partial charge in [0.05, 0.1) is 0 Å². The number of hydrogen-bond donors (Lipinski definition) is 0. The zero-order chi connectivity index (χ0) is 13.9. The predicted octanol–water partition coefficient (Wildman–Crippen LogP) is 3.62. The molecule has 0 aliphatic heterocycles. The van der Waals surface area contributed by atoms with Crippen molar-refractivity contribution in [1.82, 2.24) is 0 Å². The molecule has 0 fully saturated rings. The summed E-state index contributed by atoms with van der Waals surface area (Å²) in [6.45, 7) is 12.5. The van der Waals surface area contributed by atoms with Crippen LogP contribution in [0.4, 0.5) is 0 Å². The van der Waals surface area contributed by atoms with Crippen molar-refractivity contribution >= 4 is 11.6 Å². The molecule has 2 nitrogen and oxygen atoms in total. The molecule has 0 radical (unpaired) electrons. The van der Waals surface area contributed by atoms with E-state index in [0.29, 0.717) is 12.8 Å². The van der Waals surface area contributed by atoms with Crippen LogP contribution in [0.1, 0.15) is 54.4 Å². The van der Waals surface area contributed by atoms with E-state index in [-0.39, 0.29) is 22.4 Å². The van der Waals surface area contributed by atoms with E-state index >= 15 is 0 Å². The Labute approximate surface area is 109 Å². The highest BCUT2D eigenvalue weighted by molar-refractivity contribution is 6.21. The molecule has 0 amide bonds. The molecule has 0 spiro atoms. The van der Waals surface area contributed by atoms with E-state index in [0.717, 1.165) is 22.3 Å². The van der Waals surface area contributed by atoms with Gasteiger partial charge in [-0.3, -0.25) is 9.59 Å². The Morgan fingerprint density at radius 1 is 0.667 bits per heavy atom. The molecule has 2 aliphatic rings. The summed E-state index contributed by atoms with van der Waals surface area (Å²) in [6.07, 6.45) is 0.860. The highest BCUT2D eigenvalue weighted by Crippen LogP contribution is 2.49. The standard InChI is InChI=1S/C16H22O2/c1-15(2,3)9-7-11(17)14-10(16(4,5)6)8-12(18)13(9)14/h7-8H2,1-6H3. The van der Waals surface area contributed by atoms with Crippen molar-refractivity contribution in [3.63, 3.8) is 0 Å². The molecule has 2 aliphatic carbocycles. The lowest BCUT2D eigenvalue weighted by Gasteiger charge is -2.21. The number of Topliss-reactive ketones (excluding diaryl/α,β-unsaturated/α-hetero) is 2. The summed E-state index contributed by atoms with van der Waals surface area (Å²) in [6, 6.07) is 0.